The number of para-hydroxylation sites is 1. The number of amides is 2. The van der Waals surface area contributed by atoms with Crippen molar-refractivity contribution >= 4 is 46.9 Å². The van der Waals surface area contributed by atoms with E-state index in [0.717, 1.165) is 11.6 Å². The van der Waals surface area contributed by atoms with Crippen LogP contribution in [0.15, 0.2) is 65.8 Å². The van der Waals surface area contributed by atoms with E-state index in [2.05, 4.69) is 15.8 Å². The molecule has 10 heteroatoms. The number of ether oxygens (including phenoxy) is 2. The highest BCUT2D eigenvalue weighted by Gasteiger charge is 2.14. The molecule has 0 aliphatic rings. The smallest absolute Gasteiger partial charge is 0.329 e. The van der Waals surface area contributed by atoms with Crippen molar-refractivity contribution in [2.45, 2.75) is 6.61 Å². The van der Waals surface area contributed by atoms with E-state index in [-0.39, 0.29) is 12.3 Å². The van der Waals surface area contributed by atoms with Crippen molar-refractivity contribution in [2.24, 2.45) is 5.10 Å². The second-order valence-electron chi connectivity index (χ2n) is 6.57. The minimum atomic E-state index is -1.06. The summed E-state index contributed by atoms with van der Waals surface area (Å²) in [5.41, 5.74) is 3.29. The summed E-state index contributed by atoms with van der Waals surface area (Å²) < 4.78 is 24.7. The van der Waals surface area contributed by atoms with Gasteiger partial charge in [-0.05, 0) is 48.0 Å². The number of hydrazone groups is 1. The molecular weight excluding hydrogens is 472 g/mol. The van der Waals surface area contributed by atoms with Crippen LogP contribution < -0.4 is 20.2 Å². The monoisotopic (exact) mass is 489 g/mol. The fourth-order valence-electron chi connectivity index (χ4n) is 2.64. The molecule has 170 valence electrons. The highest BCUT2D eigenvalue weighted by molar-refractivity contribution is 6.39. The van der Waals surface area contributed by atoms with Crippen molar-refractivity contribution < 1.29 is 23.5 Å². The summed E-state index contributed by atoms with van der Waals surface area (Å²) in [4.78, 5) is 23.7. The Kier molecular flexibility index (Phi) is 8.23. The summed E-state index contributed by atoms with van der Waals surface area (Å²) in [7, 11) is 1.48. The standard InChI is InChI=1S/C23H18Cl2FN3O4/c1-32-21-10-14(6-9-20(21)33-13-15-7-8-16(24)11-17(15)25)12-27-29-23(31)22(30)28-19-5-3-2-4-18(19)26/h2-12H,13H2,1H3,(H,28,30)(H,29,31)/b27-12+. The lowest BCUT2D eigenvalue weighted by Gasteiger charge is -2.12. The van der Waals surface area contributed by atoms with Crippen LogP contribution in [0.4, 0.5) is 10.1 Å². The van der Waals surface area contributed by atoms with Crippen molar-refractivity contribution in [1.82, 2.24) is 5.43 Å². The molecule has 0 unspecified atom stereocenters. The fraction of sp³-hybridized carbons (Fsp3) is 0.0870. The number of anilines is 1. The summed E-state index contributed by atoms with van der Waals surface area (Å²) in [6, 6.07) is 15.6. The van der Waals surface area contributed by atoms with Gasteiger partial charge in [-0.25, -0.2) is 9.82 Å². The first-order valence-electron chi connectivity index (χ1n) is 9.51. The number of hydrogen-bond acceptors (Lipinski definition) is 5. The van der Waals surface area contributed by atoms with E-state index in [1.165, 1.54) is 31.5 Å². The number of nitrogens with one attached hydrogen (secondary N) is 2. The van der Waals surface area contributed by atoms with Crippen molar-refractivity contribution in [3.63, 3.8) is 0 Å². The predicted octanol–water partition coefficient (Wildman–Crippen LogP) is 4.81. The van der Waals surface area contributed by atoms with Crippen molar-refractivity contribution in [2.75, 3.05) is 12.4 Å². The number of carbonyl (C=O) groups is 2. The molecule has 0 aliphatic heterocycles. The van der Waals surface area contributed by atoms with Gasteiger partial charge in [-0.1, -0.05) is 41.4 Å². The molecule has 3 aromatic carbocycles. The maximum atomic E-state index is 13.6. The Hall–Kier alpha value is -3.62. The number of benzene rings is 3. The molecule has 2 N–H and O–H groups in total. The topological polar surface area (TPSA) is 89.0 Å². The Morgan fingerprint density at radius 1 is 1.03 bits per heavy atom. The van der Waals surface area contributed by atoms with Gasteiger partial charge in [0.1, 0.15) is 12.4 Å². The zero-order valence-corrected chi connectivity index (χ0v) is 18.8. The number of methoxy groups -OCH3 is 1. The Balaban J connectivity index is 1.59. The van der Waals surface area contributed by atoms with Crippen LogP contribution >= 0.6 is 23.2 Å². The normalized spacial score (nSPS) is 10.7. The quantitative estimate of drug-likeness (QED) is 0.283. The molecule has 0 radical (unpaired) electrons. The summed E-state index contributed by atoms with van der Waals surface area (Å²) in [5.74, 6) is -1.88. The maximum absolute atomic E-state index is 13.6. The van der Waals surface area contributed by atoms with Gasteiger partial charge in [0, 0.05) is 15.6 Å². The van der Waals surface area contributed by atoms with Crippen LogP contribution in [0.5, 0.6) is 11.5 Å². The molecular formula is C23H18Cl2FN3O4. The summed E-state index contributed by atoms with van der Waals surface area (Å²) >= 11 is 12.1. The Labute approximate surface area is 199 Å². The van der Waals surface area contributed by atoms with Crippen LogP contribution in [-0.4, -0.2) is 25.1 Å². The first-order valence-corrected chi connectivity index (χ1v) is 10.3. The number of carbonyl (C=O) groups excluding carboxylic acids is 2. The Morgan fingerprint density at radius 2 is 1.82 bits per heavy atom. The third-order valence-corrected chi connectivity index (χ3v) is 4.88. The number of hydrogen-bond donors (Lipinski definition) is 2. The van der Waals surface area contributed by atoms with Gasteiger partial charge < -0.3 is 14.8 Å². The molecule has 0 atom stereocenters. The van der Waals surface area contributed by atoms with Crippen LogP contribution in [0.1, 0.15) is 11.1 Å². The van der Waals surface area contributed by atoms with Gasteiger partial charge in [0.25, 0.3) is 0 Å². The second kappa shape index (κ2) is 11.3. The largest absolute Gasteiger partial charge is 0.493 e. The lowest BCUT2D eigenvalue weighted by Crippen LogP contribution is -2.32. The molecule has 3 aromatic rings. The van der Waals surface area contributed by atoms with Crippen LogP contribution in [-0.2, 0) is 16.2 Å². The molecule has 33 heavy (non-hydrogen) atoms. The zero-order valence-electron chi connectivity index (χ0n) is 17.3. The molecule has 0 saturated carbocycles. The Morgan fingerprint density at radius 3 is 2.55 bits per heavy atom. The lowest BCUT2D eigenvalue weighted by molar-refractivity contribution is -0.136. The van der Waals surface area contributed by atoms with E-state index in [0.29, 0.717) is 27.1 Å². The highest BCUT2D eigenvalue weighted by Crippen LogP contribution is 2.29. The van der Waals surface area contributed by atoms with Gasteiger partial charge in [-0.15, -0.1) is 0 Å². The molecule has 2 amide bonds. The van der Waals surface area contributed by atoms with E-state index in [1.54, 1.807) is 36.4 Å². The third-order valence-electron chi connectivity index (χ3n) is 4.29. The SMILES string of the molecule is COc1cc(/C=N/NC(=O)C(=O)Nc2ccccc2F)ccc1OCc1ccc(Cl)cc1Cl. The molecule has 0 saturated heterocycles. The van der Waals surface area contributed by atoms with Gasteiger partial charge in [0.2, 0.25) is 0 Å². The second-order valence-corrected chi connectivity index (χ2v) is 7.41. The van der Waals surface area contributed by atoms with Crippen molar-refractivity contribution in [3.05, 3.63) is 87.7 Å². The molecule has 0 aromatic heterocycles. The number of nitrogens with zero attached hydrogens (tertiary/aromatic N) is 1. The van der Waals surface area contributed by atoms with Crippen LogP contribution in [0.2, 0.25) is 10.0 Å². The van der Waals surface area contributed by atoms with Crippen LogP contribution in [0, 0.1) is 5.82 Å². The van der Waals surface area contributed by atoms with E-state index < -0.39 is 17.6 Å². The van der Waals surface area contributed by atoms with Gasteiger partial charge in [-0.2, -0.15) is 5.10 Å². The van der Waals surface area contributed by atoms with E-state index in [1.807, 2.05) is 0 Å². The molecule has 3 rings (SSSR count). The average molecular weight is 490 g/mol. The first-order chi connectivity index (χ1) is 15.9. The van der Waals surface area contributed by atoms with Gasteiger partial charge >= 0.3 is 11.8 Å². The molecule has 0 aliphatic carbocycles. The number of rotatable bonds is 7. The van der Waals surface area contributed by atoms with Crippen molar-refractivity contribution in [3.8, 4) is 11.5 Å². The van der Waals surface area contributed by atoms with Gasteiger partial charge in [0.05, 0.1) is 19.0 Å². The third kappa shape index (κ3) is 6.68. The van der Waals surface area contributed by atoms with Crippen molar-refractivity contribution in [1.29, 1.82) is 0 Å². The maximum Gasteiger partial charge on any atom is 0.329 e. The lowest BCUT2D eigenvalue weighted by atomic mass is 10.2. The molecule has 0 bridgehead atoms. The number of halogens is 3. The molecule has 7 nitrogen and oxygen atoms in total. The first kappa shape index (κ1) is 24.0. The Bertz CT molecular complexity index is 1200. The average Bonchev–Trinajstić information content (AvgIpc) is 2.80. The van der Waals surface area contributed by atoms with E-state index in [4.69, 9.17) is 32.7 Å². The zero-order chi connectivity index (χ0) is 23.8. The van der Waals surface area contributed by atoms with Crippen LogP contribution in [0.25, 0.3) is 0 Å². The summed E-state index contributed by atoms with van der Waals surface area (Å²) in [6.45, 7) is 0.201. The molecule has 0 fully saturated rings. The summed E-state index contributed by atoms with van der Waals surface area (Å²) in [6.07, 6.45) is 1.32. The highest BCUT2D eigenvalue weighted by atomic mass is 35.5. The molecule has 0 heterocycles. The minimum Gasteiger partial charge on any atom is -0.493 e. The van der Waals surface area contributed by atoms with E-state index in [9.17, 15) is 14.0 Å². The van der Waals surface area contributed by atoms with Gasteiger partial charge in [0.15, 0.2) is 11.5 Å². The van der Waals surface area contributed by atoms with E-state index >= 15 is 0 Å². The molecule has 0 spiro atoms. The van der Waals surface area contributed by atoms with Crippen LogP contribution in [0.3, 0.4) is 0 Å². The minimum absolute atomic E-state index is 0.109. The predicted molar refractivity (Wildman–Crippen MR) is 125 cm³/mol. The fourth-order valence-corrected chi connectivity index (χ4v) is 3.10. The van der Waals surface area contributed by atoms with Gasteiger partial charge in [-0.3, -0.25) is 9.59 Å². The summed E-state index contributed by atoms with van der Waals surface area (Å²) in [5, 5.41) is 6.92.